The standard InChI is InChI=1S/C18H19FN2O4/c1-11-10-13(12(2)25-11)18(3)16(22)21(17(23)20-18)8-9-24-15-7-5-4-6-14(15)19/h4-7,10H,8-9H2,1-3H3,(H,20,23). The van der Waals surface area contributed by atoms with E-state index < -0.39 is 23.3 Å². The highest BCUT2D eigenvalue weighted by Gasteiger charge is 2.50. The molecule has 1 saturated heterocycles. The smallest absolute Gasteiger partial charge is 0.325 e. The molecule has 1 aliphatic heterocycles. The molecule has 1 atom stereocenters. The molecule has 0 aliphatic carbocycles. The summed E-state index contributed by atoms with van der Waals surface area (Å²) in [6, 6.07) is 7.20. The lowest BCUT2D eigenvalue weighted by Gasteiger charge is -2.21. The number of urea groups is 1. The highest BCUT2D eigenvalue weighted by atomic mass is 19.1. The summed E-state index contributed by atoms with van der Waals surface area (Å²) in [6.07, 6.45) is 0. The van der Waals surface area contributed by atoms with E-state index >= 15 is 0 Å². The first-order valence-electron chi connectivity index (χ1n) is 7.92. The minimum Gasteiger partial charge on any atom is -0.489 e. The summed E-state index contributed by atoms with van der Waals surface area (Å²) in [7, 11) is 0. The molecule has 25 heavy (non-hydrogen) atoms. The monoisotopic (exact) mass is 346 g/mol. The Bertz CT molecular complexity index is 832. The van der Waals surface area contributed by atoms with E-state index in [0.29, 0.717) is 17.1 Å². The fourth-order valence-corrected chi connectivity index (χ4v) is 3.02. The number of carbonyl (C=O) groups excluding carboxylic acids is 2. The zero-order chi connectivity index (χ0) is 18.2. The van der Waals surface area contributed by atoms with Crippen molar-refractivity contribution in [3.05, 3.63) is 53.2 Å². The van der Waals surface area contributed by atoms with Crippen molar-refractivity contribution in [3.8, 4) is 5.75 Å². The van der Waals surface area contributed by atoms with Crippen LogP contribution in [0.25, 0.3) is 0 Å². The van der Waals surface area contributed by atoms with Crippen LogP contribution >= 0.6 is 0 Å². The number of rotatable bonds is 5. The second-order valence-corrected chi connectivity index (χ2v) is 6.12. The van der Waals surface area contributed by atoms with E-state index in [4.69, 9.17) is 9.15 Å². The summed E-state index contributed by atoms with van der Waals surface area (Å²) in [6.45, 7) is 5.18. The molecule has 3 amide bonds. The number of aryl methyl sites for hydroxylation is 2. The van der Waals surface area contributed by atoms with Gasteiger partial charge in [-0.25, -0.2) is 9.18 Å². The number of furan rings is 1. The van der Waals surface area contributed by atoms with E-state index in [1.807, 2.05) is 0 Å². The van der Waals surface area contributed by atoms with Crippen LogP contribution in [0.15, 0.2) is 34.7 Å². The van der Waals surface area contributed by atoms with Crippen molar-refractivity contribution >= 4 is 11.9 Å². The molecule has 1 aliphatic rings. The number of benzene rings is 1. The number of ether oxygens (including phenoxy) is 1. The van der Waals surface area contributed by atoms with Crippen molar-refractivity contribution < 1.29 is 23.1 Å². The summed E-state index contributed by atoms with van der Waals surface area (Å²) in [5.74, 6) is 0.446. The molecule has 3 rings (SSSR count). The van der Waals surface area contributed by atoms with Crippen molar-refractivity contribution in [1.82, 2.24) is 10.2 Å². The number of halogens is 1. The lowest BCUT2D eigenvalue weighted by Crippen LogP contribution is -2.41. The van der Waals surface area contributed by atoms with Gasteiger partial charge in [0.05, 0.1) is 6.54 Å². The lowest BCUT2D eigenvalue weighted by molar-refractivity contribution is -0.131. The molecule has 7 heteroatoms. The zero-order valence-electron chi connectivity index (χ0n) is 14.3. The molecule has 1 aromatic carbocycles. The Balaban J connectivity index is 1.71. The minimum absolute atomic E-state index is 0.000426. The quantitative estimate of drug-likeness (QED) is 0.845. The van der Waals surface area contributed by atoms with Crippen molar-refractivity contribution in [2.45, 2.75) is 26.3 Å². The molecule has 1 unspecified atom stereocenters. The van der Waals surface area contributed by atoms with Crippen LogP contribution in [0.5, 0.6) is 5.75 Å². The van der Waals surface area contributed by atoms with Gasteiger partial charge in [0.15, 0.2) is 11.6 Å². The SMILES string of the molecule is Cc1cc(C2(C)NC(=O)N(CCOc3ccccc3F)C2=O)c(C)o1. The number of carbonyl (C=O) groups is 2. The Morgan fingerprint density at radius 2 is 2.00 bits per heavy atom. The maximum absolute atomic E-state index is 13.5. The molecule has 2 aromatic rings. The van der Waals surface area contributed by atoms with Crippen LogP contribution < -0.4 is 10.1 Å². The molecule has 132 valence electrons. The third kappa shape index (κ3) is 2.97. The summed E-state index contributed by atoms with van der Waals surface area (Å²) < 4.78 is 24.3. The predicted octanol–water partition coefficient (Wildman–Crippen LogP) is 2.88. The second-order valence-electron chi connectivity index (χ2n) is 6.12. The van der Waals surface area contributed by atoms with Gasteiger partial charge in [-0.1, -0.05) is 12.1 Å². The molecular formula is C18H19FN2O4. The highest BCUT2D eigenvalue weighted by Crippen LogP contribution is 2.32. The normalized spacial score (nSPS) is 20.1. The summed E-state index contributed by atoms with van der Waals surface area (Å²) in [4.78, 5) is 26.1. The molecule has 0 spiro atoms. The van der Waals surface area contributed by atoms with Crippen molar-refractivity contribution in [1.29, 1.82) is 0 Å². The van der Waals surface area contributed by atoms with Gasteiger partial charge < -0.3 is 14.5 Å². The Kier molecular flexibility index (Phi) is 4.24. The minimum atomic E-state index is -1.18. The average Bonchev–Trinajstić information content (AvgIpc) is 3.01. The number of imide groups is 1. The van der Waals surface area contributed by atoms with E-state index in [1.54, 1.807) is 39.0 Å². The average molecular weight is 346 g/mol. The first-order valence-corrected chi connectivity index (χ1v) is 7.92. The third-order valence-electron chi connectivity index (χ3n) is 4.26. The first kappa shape index (κ1) is 17.0. The van der Waals surface area contributed by atoms with Gasteiger partial charge in [0.1, 0.15) is 23.7 Å². The van der Waals surface area contributed by atoms with Crippen molar-refractivity contribution in [2.24, 2.45) is 0 Å². The van der Waals surface area contributed by atoms with Gasteiger partial charge in [-0.2, -0.15) is 0 Å². The largest absolute Gasteiger partial charge is 0.489 e. The third-order valence-corrected chi connectivity index (χ3v) is 4.26. The van der Waals surface area contributed by atoms with Gasteiger partial charge in [0.2, 0.25) is 0 Å². The van der Waals surface area contributed by atoms with Gasteiger partial charge in [-0.3, -0.25) is 9.69 Å². The number of hydrogen-bond acceptors (Lipinski definition) is 4. The number of amides is 3. The zero-order valence-corrected chi connectivity index (χ0v) is 14.3. The lowest BCUT2D eigenvalue weighted by atomic mass is 9.92. The molecule has 1 N–H and O–H groups in total. The second kappa shape index (κ2) is 6.23. The van der Waals surface area contributed by atoms with Gasteiger partial charge >= 0.3 is 6.03 Å². The fourth-order valence-electron chi connectivity index (χ4n) is 3.02. The Hall–Kier alpha value is -2.83. The number of nitrogens with one attached hydrogen (secondary N) is 1. The van der Waals surface area contributed by atoms with Crippen LogP contribution in [0.3, 0.4) is 0 Å². The molecular weight excluding hydrogens is 327 g/mol. The van der Waals surface area contributed by atoms with E-state index in [2.05, 4.69) is 5.32 Å². The Morgan fingerprint density at radius 3 is 2.64 bits per heavy atom. The highest BCUT2D eigenvalue weighted by molar-refractivity contribution is 6.07. The molecule has 1 aromatic heterocycles. The molecule has 0 saturated carbocycles. The first-order chi connectivity index (χ1) is 11.8. The number of hydrogen-bond donors (Lipinski definition) is 1. The number of nitrogens with zero attached hydrogens (tertiary/aromatic N) is 1. The van der Waals surface area contributed by atoms with E-state index in [9.17, 15) is 14.0 Å². The van der Waals surface area contributed by atoms with Gasteiger partial charge in [-0.05, 0) is 39.0 Å². The maximum Gasteiger partial charge on any atom is 0.325 e. The fraction of sp³-hybridized carbons (Fsp3) is 0.333. The molecule has 0 bridgehead atoms. The van der Waals surface area contributed by atoms with Crippen LogP contribution in [0.2, 0.25) is 0 Å². The Morgan fingerprint density at radius 1 is 1.28 bits per heavy atom. The molecule has 0 radical (unpaired) electrons. The van der Waals surface area contributed by atoms with Gasteiger partial charge in [0, 0.05) is 5.56 Å². The molecule has 6 nitrogen and oxygen atoms in total. The van der Waals surface area contributed by atoms with Crippen LogP contribution in [-0.2, 0) is 10.3 Å². The van der Waals surface area contributed by atoms with Crippen molar-refractivity contribution in [3.63, 3.8) is 0 Å². The van der Waals surface area contributed by atoms with Gasteiger partial charge in [-0.15, -0.1) is 0 Å². The van der Waals surface area contributed by atoms with Crippen LogP contribution in [0, 0.1) is 19.7 Å². The van der Waals surface area contributed by atoms with Crippen LogP contribution in [0.1, 0.15) is 24.0 Å². The maximum atomic E-state index is 13.5. The molecule has 1 fully saturated rings. The number of para-hydroxylation sites is 1. The van der Waals surface area contributed by atoms with Crippen molar-refractivity contribution in [2.75, 3.05) is 13.2 Å². The van der Waals surface area contributed by atoms with Crippen LogP contribution in [0.4, 0.5) is 9.18 Å². The summed E-state index contributed by atoms with van der Waals surface area (Å²) in [5, 5.41) is 2.71. The topological polar surface area (TPSA) is 71.8 Å². The Labute approximate surface area is 144 Å². The van der Waals surface area contributed by atoms with E-state index in [0.717, 1.165) is 4.90 Å². The van der Waals surface area contributed by atoms with Crippen LogP contribution in [-0.4, -0.2) is 30.0 Å². The van der Waals surface area contributed by atoms with Gasteiger partial charge in [0.25, 0.3) is 5.91 Å². The summed E-state index contributed by atoms with van der Waals surface area (Å²) in [5.41, 5.74) is -0.558. The molecule has 2 heterocycles. The summed E-state index contributed by atoms with van der Waals surface area (Å²) >= 11 is 0. The van der Waals surface area contributed by atoms with E-state index in [1.165, 1.54) is 12.1 Å². The van der Waals surface area contributed by atoms with E-state index in [-0.39, 0.29) is 18.9 Å². The predicted molar refractivity (Wildman–Crippen MR) is 87.7 cm³/mol.